The van der Waals surface area contributed by atoms with Crippen LogP contribution < -0.4 is 5.32 Å². The van der Waals surface area contributed by atoms with Gasteiger partial charge >= 0.3 is 0 Å². The summed E-state index contributed by atoms with van der Waals surface area (Å²) in [5, 5.41) is 4.11. The van der Waals surface area contributed by atoms with Crippen molar-refractivity contribution >= 4 is 17.5 Å². The molecule has 1 saturated heterocycles. The summed E-state index contributed by atoms with van der Waals surface area (Å²) in [5.41, 5.74) is 0.689. The molecule has 1 N–H and O–H groups in total. The van der Waals surface area contributed by atoms with Gasteiger partial charge in [-0.1, -0.05) is 11.6 Å². The smallest absolute Gasteiger partial charge is 0.270 e. The van der Waals surface area contributed by atoms with Crippen LogP contribution in [-0.4, -0.2) is 41.1 Å². The lowest BCUT2D eigenvalue weighted by Crippen LogP contribution is -2.42. The van der Waals surface area contributed by atoms with Crippen molar-refractivity contribution in [2.75, 3.05) is 19.6 Å². The molecule has 2 fully saturated rings. The van der Waals surface area contributed by atoms with Gasteiger partial charge in [0.2, 0.25) is 0 Å². The highest BCUT2D eigenvalue weighted by Gasteiger charge is 2.30. The van der Waals surface area contributed by atoms with Crippen LogP contribution in [0.2, 0.25) is 5.02 Å². The van der Waals surface area contributed by atoms with Crippen LogP contribution in [0.4, 0.5) is 0 Å². The monoisotopic (exact) mass is 295 g/mol. The van der Waals surface area contributed by atoms with Gasteiger partial charge in [0.05, 0.1) is 5.02 Å². The van der Waals surface area contributed by atoms with Gasteiger partial charge in [0.15, 0.2) is 0 Å². The van der Waals surface area contributed by atoms with Gasteiger partial charge in [-0.25, -0.2) is 0 Å². The second-order valence-corrected chi connectivity index (χ2v) is 6.54. The molecule has 5 heteroatoms. The lowest BCUT2D eigenvalue weighted by Gasteiger charge is -2.26. The van der Waals surface area contributed by atoms with Crippen molar-refractivity contribution < 1.29 is 4.79 Å². The van der Waals surface area contributed by atoms with Crippen LogP contribution in [0.3, 0.4) is 0 Å². The molecule has 0 radical (unpaired) electrons. The van der Waals surface area contributed by atoms with Crippen molar-refractivity contribution in [1.29, 1.82) is 0 Å². The Kier molecular flexibility index (Phi) is 4.03. The molecule has 2 aliphatic rings. The maximum atomic E-state index is 12.7. The zero-order chi connectivity index (χ0) is 14.1. The fourth-order valence-corrected chi connectivity index (χ4v) is 3.18. The lowest BCUT2D eigenvalue weighted by atomic mass is 10.2. The van der Waals surface area contributed by atoms with Crippen molar-refractivity contribution in [3.05, 3.63) is 23.0 Å². The minimum atomic E-state index is 0.111. The number of nitrogens with zero attached hydrogens (tertiary/aromatic N) is 2. The Labute approximate surface area is 125 Å². The maximum absolute atomic E-state index is 12.7. The van der Waals surface area contributed by atoms with E-state index < -0.39 is 0 Å². The Morgan fingerprint density at radius 3 is 2.80 bits per heavy atom. The van der Waals surface area contributed by atoms with Gasteiger partial charge < -0.3 is 14.8 Å². The van der Waals surface area contributed by atoms with E-state index in [0.29, 0.717) is 22.7 Å². The van der Waals surface area contributed by atoms with E-state index in [2.05, 4.69) is 5.32 Å². The molecule has 110 valence electrons. The first-order chi connectivity index (χ1) is 9.63. The van der Waals surface area contributed by atoms with Crippen LogP contribution in [-0.2, 0) is 7.05 Å². The molecule has 1 saturated carbocycles. The summed E-state index contributed by atoms with van der Waals surface area (Å²) in [6.07, 6.45) is 6.69. The molecule has 1 atom stereocenters. The SMILES string of the molecule is Cn1cc(Cl)cc1C(=O)N(CC1CC1)CC1CCCN1. The molecule has 0 spiro atoms. The van der Waals surface area contributed by atoms with Crippen LogP contribution in [0.5, 0.6) is 0 Å². The lowest BCUT2D eigenvalue weighted by molar-refractivity contribution is 0.0724. The highest BCUT2D eigenvalue weighted by molar-refractivity contribution is 6.31. The second-order valence-electron chi connectivity index (χ2n) is 6.10. The van der Waals surface area contributed by atoms with Gasteiger partial charge in [-0.15, -0.1) is 0 Å². The number of carbonyl (C=O) groups excluding carboxylic acids is 1. The third-order valence-electron chi connectivity index (χ3n) is 4.26. The number of amides is 1. The molecular formula is C15H22ClN3O. The molecule has 0 bridgehead atoms. The zero-order valence-corrected chi connectivity index (χ0v) is 12.7. The van der Waals surface area contributed by atoms with Crippen LogP contribution >= 0.6 is 11.6 Å². The zero-order valence-electron chi connectivity index (χ0n) is 11.9. The number of nitrogens with one attached hydrogen (secondary N) is 1. The number of hydrogen-bond donors (Lipinski definition) is 1. The second kappa shape index (κ2) is 5.78. The molecule has 1 unspecified atom stereocenters. The van der Waals surface area contributed by atoms with E-state index >= 15 is 0 Å². The summed E-state index contributed by atoms with van der Waals surface area (Å²) in [5.74, 6) is 0.816. The summed E-state index contributed by atoms with van der Waals surface area (Å²) in [6.45, 7) is 2.78. The molecule has 3 rings (SSSR count). The molecule has 2 heterocycles. The fourth-order valence-electron chi connectivity index (χ4n) is 2.93. The molecule has 1 amide bonds. The van der Waals surface area contributed by atoms with Gasteiger partial charge in [-0.2, -0.15) is 0 Å². The molecule has 1 aliphatic heterocycles. The number of aryl methyl sites for hydroxylation is 1. The van der Waals surface area contributed by atoms with E-state index in [1.54, 1.807) is 12.3 Å². The highest BCUT2D eigenvalue weighted by atomic mass is 35.5. The number of carbonyl (C=O) groups is 1. The first-order valence-electron chi connectivity index (χ1n) is 7.48. The van der Waals surface area contributed by atoms with E-state index in [1.807, 2.05) is 16.5 Å². The summed E-state index contributed by atoms with van der Waals surface area (Å²) < 4.78 is 1.83. The number of rotatable bonds is 5. The largest absolute Gasteiger partial charge is 0.345 e. The summed E-state index contributed by atoms with van der Waals surface area (Å²) in [4.78, 5) is 14.8. The van der Waals surface area contributed by atoms with E-state index in [0.717, 1.165) is 19.6 Å². The van der Waals surface area contributed by atoms with Crippen molar-refractivity contribution in [3.63, 3.8) is 0 Å². The Morgan fingerprint density at radius 2 is 2.25 bits per heavy atom. The third kappa shape index (κ3) is 3.18. The minimum Gasteiger partial charge on any atom is -0.345 e. The average molecular weight is 296 g/mol. The van der Waals surface area contributed by atoms with Crippen molar-refractivity contribution in [3.8, 4) is 0 Å². The standard InChI is InChI=1S/C15H22ClN3O/c1-18-9-12(16)7-14(18)15(20)19(8-11-4-5-11)10-13-3-2-6-17-13/h7,9,11,13,17H,2-6,8,10H2,1H3. The Bertz CT molecular complexity index is 489. The summed E-state index contributed by atoms with van der Waals surface area (Å²) in [6, 6.07) is 2.22. The Morgan fingerprint density at radius 1 is 1.45 bits per heavy atom. The van der Waals surface area contributed by atoms with Gasteiger partial charge in [0, 0.05) is 32.4 Å². The molecular weight excluding hydrogens is 274 g/mol. The number of halogens is 1. The van der Waals surface area contributed by atoms with Crippen molar-refractivity contribution in [1.82, 2.24) is 14.8 Å². The number of aromatic nitrogens is 1. The fraction of sp³-hybridized carbons (Fsp3) is 0.667. The van der Waals surface area contributed by atoms with Gasteiger partial charge in [0.1, 0.15) is 5.69 Å². The van der Waals surface area contributed by atoms with E-state index in [9.17, 15) is 4.79 Å². The molecule has 1 aliphatic carbocycles. The van der Waals surface area contributed by atoms with Gasteiger partial charge in [-0.3, -0.25) is 4.79 Å². The Hall–Kier alpha value is -1.00. The third-order valence-corrected chi connectivity index (χ3v) is 4.46. The van der Waals surface area contributed by atoms with E-state index in [-0.39, 0.29) is 5.91 Å². The number of hydrogen-bond acceptors (Lipinski definition) is 2. The van der Waals surface area contributed by atoms with Crippen molar-refractivity contribution in [2.24, 2.45) is 13.0 Å². The van der Waals surface area contributed by atoms with E-state index in [4.69, 9.17) is 11.6 Å². The Balaban J connectivity index is 1.72. The minimum absolute atomic E-state index is 0.111. The van der Waals surface area contributed by atoms with Crippen molar-refractivity contribution in [2.45, 2.75) is 31.7 Å². The van der Waals surface area contributed by atoms with Crippen LogP contribution in [0.25, 0.3) is 0 Å². The first-order valence-corrected chi connectivity index (χ1v) is 7.86. The van der Waals surface area contributed by atoms with Gasteiger partial charge in [-0.05, 0) is 44.2 Å². The highest BCUT2D eigenvalue weighted by Crippen LogP contribution is 2.30. The van der Waals surface area contributed by atoms with Crippen LogP contribution in [0, 0.1) is 5.92 Å². The van der Waals surface area contributed by atoms with Crippen LogP contribution in [0.15, 0.2) is 12.3 Å². The first kappa shape index (κ1) is 14.0. The molecule has 0 aromatic carbocycles. The molecule has 1 aromatic heterocycles. The normalized spacial score (nSPS) is 22.2. The summed E-state index contributed by atoms with van der Waals surface area (Å²) in [7, 11) is 1.88. The predicted octanol–water partition coefficient (Wildman–Crippen LogP) is 2.28. The average Bonchev–Trinajstić information content (AvgIpc) is 2.94. The maximum Gasteiger partial charge on any atom is 0.270 e. The predicted molar refractivity (Wildman–Crippen MR) is 80.1 cm³/mol. The topological polar surface area (TPSA) is 37.3 Å². The van der Waals surface area contributed by atoms with E-state index in [1.165, 1.54) is 25.7 Å². The van der Waals surface area contributed by atoms with Gasteiger partial charge in [0.25, 0.3) is 5.91 Å². The molecule has 4 nitrogen and oxygen atoms in total. The van der Waals surface area contributed by atoms with Crippen LogP contribution in [0.1, 0.15) is 36.2 Å². The summed E-state index contributed by atoms with van der Waals surface area (Å²) >= 11 is 6.00. The molecule has 1 aromatic rings. The quantitative estimate of drug-likeness (QED) is 0.905. The molecule has 20 heavy (non-hydrogen) atoms.